The highest BCUT2D eigenvalue weighted by molar-refractivity contribution is 6.02. The molecule has 1 aromatic heterocycles. The van der Waals surface area contributed by atoms with E-state index in [9.17, 15) is 5.11 Å². The summed E-state index contributed by atoms with van der Waals surface area (Å²) in [6.07, 6.45) is 2.76. The third-order valence-corrected chi connectivity index (χ3v) is 2.55. The van der Waals surface area contributed by atoms with Crippen LogP contribution in [0.2, 0.25) is 0 Å². The zero-order chi connectivity index (χ0) is 11.5. The predicted molar refractivity (Wildman–Crippen MR) is 67.5 cm³/mol. The number of hydrogen-bond acceptors (Lipinski definition) is 2. The van der Waals surface area contributed by atoms with E-state index in [4.69, 9.17) is 0 Å². The van der Waals surface area contributed by atoms with E-state index in [1.54, 1.807) is 6.21 Å². The van der Waals surface area contributed by atoms with Gasteiger partial charge in [-0.1, -0.05) is 18.6 Å². The van der Waals surface area contributed by atoms with Gasteiger partial charge in [-0.3, -0.25) is 4.99 Å². The van der Waals surface area contributed by atoms with E-state index in [-0.39, 0.29) is 5.88 Å². The first-order chi connectivity index (χ1) is 7.72. The fourth-order valence-electron chi connectivity index (χ4n) is 1.73. The van der Waals surface area contributed by atoms with Gasteiger partial charge < -0.3 is 10.1 Å². The molecule has 0 spiro atoms. The lowest BCUT2D eigenvalue weighted by molar-refractivity contribution is 0.457. The van der Waals surface area contributed by atoms with E-state index >= 15 is 0 Å². The van der Waals surface area contributed by atoms with Crippen LogP contribution >= 0.6 is 0 Å². The van der Waals surface area contributed by atoms with Crippen molar-refractivity contribution >= 4 is 17.1 Å². The molecule has 2 N–H and O–H groups in total. The lowest BCUT2D eigenvalue weighted by Crippen LogP contribution is -1.83. The van der Waals surface area contributed by atoms with Crippen molar-refractivity contribution in [3.05, 3.63) is 29.3 Å². The van der Waals surface area contributed by atoms with Gasteiger partial charge >= 0.3 is 0 Å². The van der Waals surface area contributed by atoms with Gasteiger partial charge in [-0.2, -0.15) is 0 Å². The summed E-state index contributed by atoms with van der Waals surface area (Å²) >= 11 is 0. The molecular weight excluding hydrogens is 200 g/mol. The van der Waals surface area contributed by atoms with Gasteiger partial charge in [0.05, 0.1) is 5.56 Å². The average Bonchev–Trinajstić information content (AvgIpc) is 2.56. The average molecular weight is 216 g/mol. The van der Waals surface area contributed by atoms with Crippen molar-refractivity contribution in [1.29, 1.82) is 0 Å². The summed E-state index contributed by atoms with van der Waals surface area (Å²) in [5, 5.41) is 10.8. The third-order valence-electron chi connectivity index (χ3n) is 2.55. The van der Waals surface area contributed by atoms with Crippen LogP contribution in [0.3, 0.4) is 0 Å². The number of aromatic nitrogens is 1. The lowest BCUT2D eigenvalue weighted by atomic mass is 10.1. The molecule has 0 aliphatic carbocycles. The Bertz CT molecular complexity index is 526. The molecule has 0 radical (unpaired) electrons. The summed E-state index contributed by atoms with van der Waals surface area (Å²) in [4.78, 5) is 7.21. The molecule has 1 aromatic carbocycles. The molecule has 3 heteroatoms. The van der Waals surface area contributed by atoms with E-state index < -0.39 is 0 Å². The summed E-state index contributed by atoms with van der Waals surface area (Å²) in [7, 11) is 0. The number of aromatic amines is 1. The van der Waals surface area contributed by atoms with Crippen molar-refractivity contribution in [2.45, 2.75) is 20.3 Å². The fourth-order valence-corrected chi connectivity index (χ4v) is 1.73. The zero-order valence-corrected chi connectivity index (χ0v) is 9.62. The first-order valence-electron chi connectivity index (χ1n) is 5.53. The Hall–Kier alpha value is -1.77. The Morgan fingerprint density at radius 3 is 3.00 bits per heavy atom. The SMILES string of the molecule is CCCN=Cc1c(O)[nH]c2ccc(C)cc12. The second kappa shape index (κ2) is 4.39. The fraction of sp³-hybridized carbons (Fsp3) is 0.308. The quantitative estimate of drug-likeness (QED) is 0.761. The Balaban J connectivity index is 2.50. The minimum Gasteiger partial charge on any atom is -0.494 e. The lowest BCUT2D eigenvalue weighted by Gasteiger charge is -1.94. The highest BCUT2D eigenvalue weighted by Crippen LogP contribution is 2.26. The number of nitrogens with one attached hydrogen (secondary N) is 1. The van der Waals surface area contributed by atoms with Gasteiger partial charge in [0.1, 0.15) is 0 Å². The van der Waals surface area contributed by atoms with E-state index in [0.29, 0.717) is 0 Å². The Morgan fingerprint density at radius 1 is 1.44 bits per heavy atom. The van der Waals surface area contributed by atoms with Crippen molar-refractivity contribution < 1.29 is 5.11 Å². The van der Waals surface area contributed by atoms with Crippen LogP contribution in [0.15, 0.2) is 23.2 Å². The number of fused-ring (bicyclic) bond motifs is 1. The second-order valence-corrected chi connectivity index (χ2v) is 3.97. The van der Waals surface area contributed by atoms with Crippen LogP contribution in [0.25, 0.3) is 10.9 Å². The first kappa shape index (κ1) is 10.7. The maximum atomic E-state index is 9.78. The highest BCUT2D eigenvalue weighted by Gasteiger charge is 2.08. The number of H-pyrrole nitrogens is 1. The normalized spacial score (nSPS) is 11.6. The molecular formula is C13H16N2O. The topological polar surface area (TPSA) is 48.4 Å². The third kappa shape index (κ3) is 1.94. The Morgan fingerprint density at radius 2 is 2.25 bits per heavy atom. The molecule has 0 atom stereocenters. The molecule has 0 fully saturated rings. The summed E-state index contributed by atoms with van der Waals surface area (Å²) < 4.78 is 0. The maximum absolute atomic E-state index is 9.78. The van der Waals surface area contributed by atoms with Gasteiger partial charge in [-0.25, -0.2) is 0 Å². The summed E-state index contributed by atoms with van der Waals surface area (Å²) in [6.45, 7) is 4.91. The van der Waals surface area contributed by atoms with Gasteiger partial charge in [0.15, 0.2) is 5.88 Å². The predicted octanol–water partition coefficient (Wildman–Crippen LogP) is 3.01. The number of rotatable bonds is 3. The number of aliphatic imine (C=N–C) groups is 1. The molecule has 0 saturated carbocycles. The number of aromatic hydroxyl groups is 1. The number of aryl methyl sites for hydroxylation is 1. The molecule has 0 bridgehead atoms. The van der Waals surface area contributed by atoms with Gasteiger partial charge in [0.25, 0.3) is 0 Å². The molecule has 1 heterocycles. The van der Waals surface area contributed by atoms with Crippen molar-refractivity contribution in [2.75, 3.05) is 6.54 Å². The van der Waals surface area contributed by atoms with Crippen LogP contribution in [-0.4, -0.2) is 22.8 Å². The molecule has 3 nitrogen and oxygen atoms in total. The molecule has 84 valence electrons. The Labute approximate surface area is 94.8 Å². The molecule has 0 saturated heterocycles. The molecule has 2 rings (SSSR count). The molecule has 0 aliphatic heterocycles. The van der Waals surface area contributed by atoms with Crippen molar-refractivity contribution in [2.24, 2.45) is 4.99 Å². The van der Waals surface area contributed by atoms with Crippen LogP contribution in [0.4, 0.5) is 0 Å². The molecule has 0 unspecified atom stereocenters. The standard InChI is InChI=1S/C13H16N2O/c1-3-6-14-8-11-10-7-9(2)4-5-12(10)15-13(11)16/h4-5,7-8,15-16H,3,6H2,1-2H3. The first-order valence-corrected chi connectivity index (χ1v) is 5.53. The summed E-state index contributed by atoms with van der Waals surface area (Å²) in [6, 6.07) is 6.05. The molecule has 0 aliphatic rings. The van der Waals surface area contributed by atoms with Crippen molar-refractivity contribution in [3.8, 4) is 5.88 Å². The van der Waals surface area contributed by atoms with E-state index in [2.05, 4.69) is 23.0 Å². The zero-order valence-electron chi connectivity index (χ0n) is 9.62. The van der Waals surface area contributed by atoms with Crippen LogP contribution in [-0.2, 0) is 0 Å². The minimum absolute atomic E-state index is 0.195. The molecule has 2 aromatic rings. The monoisotopic (exact) mass is 216 g/mol. The molecule has 16 heavy (non-hydrogen) atoms. The molecule has 0 amide bonds. The minimum atomic E-state index is 0.195. The van der Waals surface area contributed by atoms with Crippen LogP contribution in [0, 0.1) is 6.92 Å². The van der Waals surface area contributed by atoms with E-state index in [1.807, 2.05) is 19.1 Å². The maximum Gasteiger partial charge on any atom is 0.198 e. The van der Waals surface area contributed by atoms with Crippen LogP contribution in [0.1, 0.15) is 24.5 Å². The van der Waals surface area contributed by atoms with Gasteiger partial charge in [0, 0.05) is 23.7 Å². The Kier molecular flexibility index (Phi) is 2.95. The van der Waals surface area contributed by atoms with E-state index in [1.165, 1.54) is 5.56 Å². The largest absolute Gasteiger partial charge is 0.494 e. The van der Waals surface area contributed by atoms with Gasteiger partial charge in [-0.05, 0) is 25.5 Å². The smallest absolute Gasteiger partial charge is 0.198 e. The van der Waals surface area contributed by atoms with Crippen molar-refractivity contribution in [3.63, 3.8) is 0 Å². The van der Waals surface area contributed by atoms with Crippen LogP contribution < -0.4 is 0 Å². The number of benzene rings is 1. The van der Waals surface area contributed by atoms with Crippen LogP contribution in [0.5, 0.6) is 5.88 Å². The van der Waals surface area contributed by atoms with E-state index in [0.717, 1.165) is 29.4 Å². The number of nitrogens with zero attached hydrogens (tertiary/aromatic N) is 1. The summed E-state index contributed by atoms with van der Waals surface area (Å²) in [5.41, 5.74) is 2.91. The summed E-state index contributed by atoms with van der Waals surface area (Å²) in [5.74, 6) is 0.195. The highest BCUT2D eigenvalue weighted by atomic mass is 16.3. The number of hydrogen-bond donors (Lipinski definition) is 2. The van der Waals surface area contributed by atoms with Gasteiger partial charge in [0.2, 0.25) is 0 Å². The van der Waals surface area contributed by atoms with Gasteiger partial charge in [-0.15, -0.1) is 0 Å². The second-order valence-electron chi connectivity index (χ2n) is 3.97. The van der Waals surface area contributed by atoms with Crippen molar-refractivity contribution in [1.82, 2.24) is 4.98 Å².